The molecule has 0 saturated carbocycles. The molecular formula is C13H15Cl2F2NO. The van der Waals surface area contributed by atoms with Gasteiger partial charge in [-0.3, -0.25) is 4.79 Å². The number of carbonyl (C=O) groups excluding carboxylic acids is 1. The van der Waals surface area contributed by atoms with Crippen molar-refractivity contribution in [1.29, 1.82) is 0 Å². The van der Waals surface area contributed by atoms with Crippen LogP contribution in [0.5, 0.6) is 0 Å². The first-order chi connectivity index (χ1) is 8.90. The lowest BCUT2D eigenvalue weighted by molar-refractivity contribution is 0.0904. The Morgan fingerprint density at radius 1 is 1.32 bits per heavy atom. The van der Waals surface area contributed by atoms with Crippen molar-refractivity contribution in [1.82, 2.24) is 5.32 Å². The molecule has 0 unspecified atom stereocenters. The highest BCUT2D eigenvalue weighted by Gasteiger charge is 2.31. The van der Waals surface area contributed by atoms with Crippen LogP contribution in [0.25, 0.3) is 0 Å². The first-order valence-corrected chi connectivity index (χ1v) is 6.86. The number of alkyl halides is 2. The highest BCUT2D eigenvalue weighted by molar-refractivity contribution is 6.22. The Labute approximate surface area is 121 Å². The zero-order valence-electron chi connectivity index (χ0n) is 10.7. The van der Waals surface area contributed by atoms with Crippen LogP contribution in [-0.2, 0) is 0 Å². The fourth-order valence-electron chi connectivity index (χ4n) is 1.55. The fourth-order valence-corrected chi connectivity index (χ4v) is 2.35. The number of hydrogen-bond acceptors (Lipinski definition) is 1. The zero-order chi connectivity index (χ0) is 14.6. The van der Waals surface area contributed by atoms with Gasteiger partial charge in [-0.2, -0.15) is 0 Å². The van der Waals surface area contributed by atoms with Gasteiger partial charge in [0.15, 0.2) is 0 Å². The van der Waals surface area contributed by atoms with Gasteiger partial charge in [0, 0.05) is 11.8 Å². The minimum absolute atomic E-state index is 0.0633. The molecule has 0 aliphatic rings. The highest BCUT2D eigenvalue weighted by atomic mass is 35.5. The van der Waals surface area contributed by atoms with E-state index in [0.29, 0.717) is 6.42 Å². The predicted molar refractivity (Wildman–Crippen MR) is 73.0 cm³/mol. The van der Waals surface area contributed by atoms with Crippen LogP contribution in [0.1, 0.15) is 29.3 Å². The van der Waals surface area contributed by atoms with E-state index in [1.807, 2.05) is 0 Å². The highest BCUT2D eigenvalue weighted by Crippen LogP contribution is 2.20. The summed E-state index contributed by atoms with van der Waals surface area (Å²) >= 11 is 11.6. The van der Waals surface area contributed by atoms with E-state index >= 15 is 0 Å². The average Bonchev–Trinajstić information content (AvgIpc) is 2.41. The van der Waals surface area contributed by atoms with E-state index < -0.39 is 28.6 Å². The monoisotopic (exact) mass is 309 g/mol. The van der Waals surface area contributed by atoms with Crippen LogP contribution in [0, 0.1) is 18.6 Å². The van der Waals surface area contributed by atoms with E-state index in [1.165, 1.54) is 13.0 Å². The molecule has 0 radical (unpaired) electrons. The summed E-state index contributed by atoms with van der Waals surface area (Å²) in [6, 6.07) is 2.33. The molecule has 0 fully saturated rings. The Bertz CT molecular complexity index is 468. The van der Waals surface area contributed by atoms with Gasteiger partial charge in [0.2, 0.25) is 0 Å². The van der Waals surface area contributed by atoms with Crippen LogP contribution in [0.2, 0.25) is 0 Å². The lowest BCUT2D eigenvalue weighted by Gasteiger charge is -2.29. The number of nitrogens with one attached hydrogen (secondary N) is 1. The molecule has 0 aliphatic heterocycles. The van der Waals surface area contributed by atoms with Crippen molar-refractivity contribution in [3.05, 3.63) is 34.9 Å². The van der Waals surface area contributed by atoms with Gasteiger partial charge in [-0.15, -0.1) is 23.2 Å². The molecular weight excluding hydrogens is 295 g/mol. The maximum absolute atomic E-state index is 13.8. The van der Waals surface area contributed by atoms with Gasteiger partial charge >= 0.3 is 0 Å². The van der Waals surface area contributed by atoms with E-state index in [0.717, 1.165) is 6.07 Å². The predicted octanol–water partition coefficient (Wildman–Crippen LogP) is 3.63. The summed E-state index contributed by atoms with van der Waals surface area (Å²) in [5.74, 6) is -2.50. The van der Waals surface area contributed by atoms with Crippen molar-refractivity contribution in [3.8, 4) is 0 Å². The lowest BCUT2D eigenvalue weighted by atomic mass is 10.00. The summed E-state index contributed by atoms with van der Waals surface area (Å²) in [7, 11) is 0. The van der Waals surface area contributed by atoms with Gasteiger partial charge in [-0.1, -0.05) is 13.0 Å². The fraction of sp³-hybridized carbons (Fsp3) is 0.462. The Balaban J connectivity index is 3.11. The normalized spacial score (nSPS) is 11.5. The number of halogens is 4. The van der Waals surface area contributed by atoms with Gasteiger partial charge in [0.05, 0.1) is 5.54 Å². The van der Waals surface area contributed by atoms with Crippen molar-refractivity contribution in [2.75, 3.05) is 11.8 Å². The summed E-state index contributed by atoms with van der Waals surface area (Å²) < 4.78 is 27.4. The molecule has 0 atom stereocenters. The Hall–Kier alpha value is -0.870. The maximum atomic E-state index is 13.8. The number of amides is 1. The molecule has 1 N–H and O–H groups in total. The Morgan fingerprint density at radius 3 is 2.37 bits per heavy atom. The van der Waals surface area contributed by atoms with Gasteiger partial charge in [-0.25, -0.2) is 8.78 Å². The molecule has 0 heterocycles. The van der Waals surface area contributed by atoms with Gasteiger partial charge in [-0.05, 0) is 25.0 Å². The number of aryl methyl sites for hydroxylation is 1. The van der Waals surface area contributed by atoms with E-state index in [1.54, 1.807) is 6.92 Å². The second-order valence-electron chi connectivity index (χ2n) is 4.41. The third-order valence-corrected chi connectivity index (χ3v) is 4.10. The molecule has 19 heavy (non-hydrogen) atoms. The third kappa shape index (κ3) is 3.37. The standard InChI is InChI=1S/C13H15Cl2F2NO/c1-3-13(6-14,7-15)18-12(19)10-9(16)5-4-8(2)11(10)17/h4-5H,3,6-7H2,1-2H3,(H,18,19). The van der Waals surface area contributed by atoms with Gasteiger partial charge in [0.1, 0.15) is 17.2 Å². The molecule has 1 aromatic rings. The first kappa shape index (κ1) is 16.2. The van der Waals surface area contributed by atoms with Crippen LogP contribution in [-0.4, -0.2) is 23.2 Å². The minimum atomic E-state index is -0.908. The molecule has 1 aromatic carbocycles. The average molecular weight is 310 g/mol. The van der Waals surface area contributed by atoms with Crippen molar-refractivity contribution in [2.24, 2.45) is 0 Å². The van der Waals surface area contributed by atoms with Crippen LogP contribution in [0.3, 0.4) is 0 Å². The van der Waals surface area contributed by atoms with Crippen LogP contribution in [0.4, 0.5) is 8.78 Å². The van der Waals surface area contributed by atoms with E-state index in [9.17, 15) is 13.6 Å². The molecule has 1 rings (SSSR count). The molecule has 6 heteroatoms. The molecule has 0 aliphatic carbocycles. The smallest absolute Gasteiger partial charge is 0.257 e. The van der Waals surface area contributed by atoms with Gasteiger partial charge in [0.25, 0.3) is 5.91 Å². The zero-order valence-corrected chi connectivity index (χ0v) is 12.2. The molecule has 2 nitrogen and oxygen atoms in total. The molecule has 0 aromatic heterocycles. The summed E-state index contributed by atoms with van der Waals surface area (Å²) in [5, 5.41) is 2.52. The van der Waals surface area contributed by atoms with Crippen LogP contribution < -0.4 is 5.32 Å². The molecule has 0 spiro atoms. The molecule has 1 amide bonds. The third-order valence-electron chi connectivity index (χ3n) is 3.08. The minimum Gasteiger partial charge on any atom is -0.344 e. The molecule has 0 bridgehead atoms. The van der Waals surface area contributed by atoms with Crippen molar-refractivity contribution in [3.63, 3.8) is 0 Å². The van der Waals surface area contributed by atoms with Crippen molar-refractivity contribution < 1.29 is 13.6 Å². The summed E-state index contributed by atoms with van der Waals surface area (Å²) in [6.07, 6.45) is 0.459. The first-order valence-electron chi connectivity index (χ1n) is 5.80. The van der Waals surface area contributed by atoms with E-state index in [2.05, 4.69) is 5.32 Å². The molecule has 0 saturated heterocycles. The Morgan fingerprint density at radius 2 is 1.89 bits per heavy atom. The number of benzene rings is 1. The van der Waals surface area contributed by atoms with Crippen molar-refractivity contribution in [2.45, 2.75) is 25.8 Å². The Kier molecular flexibility index (Phi) is 5.56. The summed E-state index contributed by atoms with van der Waals surface area (Å²) in [6.45, 7) is 3.25. The van der Waals surface area contributed by atoms with E-state index in [-0.39, 0.29) is 17.3 Å². The largest absolute Gasteiger partial charge is 0.344 e. The SMILES string of the molecule is CCC(CCl)(CCl)NC(=O)c1c(F)ccc(C)c1F. The maximum Gasteiger partial charge on any atom is 0.257 e. The summed E-state index contributed by atoms with van der Waals surface area (Å²) in [5.41, 5.74) is -1.28. The van der Waals surface area contributed by atoms with Crippen LogP contribution >= 0.6 is 23.2 Å². The van der Waals surface area contributed by atoms with Gasteiger partial charge < -0.3 is 5.32 Å². The van der Waals surface area contributed by atoms with Crippen molar-refractivity contribution >= 4 is 29.1 Å². The molecule has 106 valence electrons. The number of carbonyl (C=O) groups is 1. The number of hydrogen-bond donors (Lipinski definition) is 1. The van der Waals surface area contributed by atoms with E-state index in [4.69, 9.17) is 23.2 Å². The summed E-state index contributed by atoms with van der Waals surface area (Å²) in [4.78, 5) is 12.0. The second-order valence-corrected chi connectivity index (χ2v) is 4.94. The number of rotatable bonds is 5. The lowest BCUT2D eigenvalue weighted by Crippen LogP contribution is -2.51. The quantitative estimate of drug-likeness (QED) is 0.827. The second kappa shape index (κ2) is 6.53. The topological polar surface area (TPSA) is 29.1 Å². The van der Waals surface area contributed by atoms with Crippen LogP contribution in [0.15, 0.2) is 12.1 Å².